The topological polar surface area (TPSA) is 75.7 Å². The van der Waals surface area contributed by atoms with Crippen LogP contribution in [0.15, 0.2) is 53.4 Å². The Balaban J connectivity index is 1.82. The number of carbonyl (C=O) groups excluding carboxylic acids is 1. The zero-order chi connectivity index (χ0) is 21.1. The number of ether oxygens (including phenoxy) is 1. The predicted molar refractivity (Wildman–Crippen MR) is 98.6 cm³/mol. The number of morpholine rings is 1. The van der Waals surface area contributed by atoms with Gasteiger partial charge < -0.3 is 10.1 Å². The first kappa shape index (κ1) is 21.3. The average Bonchev–Trinajstić information content (AvgIpc) is 2.72. The third kappa shape index (κ3) is 4.77. The van der Waals surface area contributed by atoms with Gasteiger partial charge in [-0.15, -0.1) is 0 Å². The summed E-state index contributed by atoms with van der Waals surface area (Å²) < 4.78 is 71.7. The Morgan fingerprint density at radius 2 is 1.66 bits per heavy atom. The van der Waals surface area contributed by atoms with Gasteiger partial charge in [-0.25, -0.2) is 8.42 Å². The highest BCUT2D eigenvalue weighted by atomic mass is 32.2. The first-order chi connectivity index (χ1) is 13.7. The molecule has 0 unspecified atom stereocenters. The van der Waals surface area contributed by atoms with Crippen molar-refractivity contribution in [1.82, 2.24) is 9.62 Å². The molecule has 0 aliphatic carbocycles. The third-order valence-corrected chi connectivity index (χ3v) is 6.48. The number of carbonyl (C=O) groups is 1. The molecule has 1 aliphatic heterocycles. The fourth-order valence-corrected chi connectivity index (χ4v) is 4.66. The number of nitrogens with one attached hydrogen (secondary N) is 1. The molecule has 0 aromatic heterocycles. The van der Waals surface area contributed by atoms with Crippen LogP contribution in [0.5, 0.6) is 0 Å². The van der Waals surface area contributed by atoms with Gasteiger partial charge in [0.05, 0.1) is 29.2 Å². The van der Waals surface area contributed by atoms with Crippen molar-refractivity contribution >= 4 is 15.9 Å². The zero-order valence-electron chi connectivity index (χ0n) is 15.3. The molecule has 29 heavy (non-hydrogen) atoms. The quantitative estimate of drug-likeness (QED) is 0.795. The van der Waals surface area contributed by atoms with Gasteiger partial charge in [0.1, 0.15) is 0 Å². The van der Waals surface area contributed by atoms with Gasteiger partial charge in [0.2, 0.25) is 10.0 Å². The monoisotopic (exact) mass is 428 g/mol. The van der Waals surface area contributed by atoms with Crippen LogP contribution >= 0.6 is 0 Å². The first-order valence-corrected chi connectivity index (χ1v) is 10.3. The molecule has 0 atom stereocenters. The fraction of sp³-hybridized carbons (Fsp3) is 0.316. The highest BCUT2D eigenvalue weighted by molar-refractivity contribution is 7.89. The molecule has 1 amide bonds. The molecule has 0 bridgehead atoms. The highest BCUT2D eigenvalue weighted by Gasteiger charge is 2.35. The Bertz CT molecular complexity index is 987. The fourth-order valence-electron chi connectivity index (χ4n) is 3.03. The van der Waals surface area contributed by atoms with Crippen molar-refractivity contribution < 1.29 is 31.1 Å². The molecule has 0 saturated carbocycles. The van der Waals surface area contributed by atoms with Gasteiger partial charge in [-0.2, -0.15) is 17.5 Å². The molecule has 0 spiro atoms. The largest absolute Gasteiger partial charge is 0.417 e. The van der Waals surface area contributed by atoms with E-state index in [0.717, 1.165) is 12.1 Å². The van der Waals surface area contributed by atoms with Crippen molar-refractivity contribution in [2.24, 2.45) is 0 Å². The van der Waals surface area contributed by atoms with Crippen molar-refractivity contribution in [3.8, 4) is 0 Å². The number of nitrogens with zero attached hydrogens (tertiary/aromatic N) is 1. The Morgan fingerprint density at radius 1 is 1.03 bits per heavy atom. The van der Waals surface area contributed by atoms with Crippen LogP contribution in [0.4, 0.5) is 13.2 Å². The maximum Gasteiger partial charge on any atom is 0.417 e. The molecule has 156 valence electrons. The van der Waals surface area contributed by atoms with Crippen molar-refractivity contribution in [3.63, 3.8) is 0 Å². The summed E-state index contributed by atoms with van der Waals surface area (Å²) in [6, 6.07) is 10.5. The summed E-state index contributed by atoms with van der Waals surface area (Å²) in [5, 5.41) is 2.40. The predicted octanol–water partition coefficient (Wildman–Crippen LogP) is 2.66. The Kier molecular flexibility index (Phi) is 6.25. The number of rotatable bonds is 5. The Labute approximate surface area is 166 Å². The minimum absolute atomic E-state index is 0.00584. The lowest BCUT2D eigenvalue weighted by Gasteiger charge is -2.27. The minimum atomic E-state index is -4.68. The lowest BCUT2D eigenvalue weighted by molar-refractivity contribution is -0.137. The number of amides is 1. The second-order valence-electron chi connectivity index (χ2n) is 6.35. The third-order valence-electron chi connectivity index (χ3n) is 4.48. The van der Waals surface area contributed by atoms with E-state index in [1.807, 2.05) is 0 Å². The summed E-state index contributed by atoms with van der Waals surface area (Å²) in [6.45, 7) is 0.757. The molecule has 0 radical (unpaired) electrons. The average molecular weight is 428 g/mol. The van der Waals surface area contributed by atoms with Crippen LogP contribution in [-0.4, -0.2) is 44.9 Å². The molecule has 2 aromatic carbocycles. The van der Waals surface area contributed by atoms with E-state index in [4.69, 9.17) is 4.74 Å². The number of hydrogen-bond acceptors (Lipinski definition) is 4. The highest BCUT2D eigenvalue weighted by Crippen LogP contribution is 2.31. The van der Waals surface area contributed by atoms with Gasteiger partial charge in [0.15, 0.2) is 0 Å². The first-order valence-electron chi connectivity index (χ1n) is 8.81. The molecule has 1 saturated heterocycles. The van der Waals surface area contributed by atoms with Crippen molar-refractivity contribution in [1.29, 1.82) is 0 Å². The summed E-state index contributed by atoms with van der Waals surface area (Å²) in [5.41, 5.74) is -1.28. The number of halogens is 3. The van der Waals surface area contributed by atoms with Crippen LogP contribution in [0, 0.1) is 0 Å². The summed E-state index contributed by atoms with van der Waals surface area (Å²) in [7, 11) is -3.81. The van der Waals surface area contributed by atoms with Crippen LogP contribution in [0.2, 0.25) is 0 Å². The Morgan fingerprint density at radius 3 is 2.34 bits per heavy atom. The lowest BCUT2D eigenvalue weighted by Crippen LogP contribution is -2.41. The van der Waals surface area contributed by atoms with Gasteiger partial charge in [0, 0.05) is 19.6 Å². The van der Waals surface area contributed by atoms with E-state index in [1.165, 1.54) is 28.6 Å². The van der Waals surface area contributed by atoms with Crippen LogP contribution in [0.3, 0.4) is 0 Å². The molecule has 10 heteroatoms. The molecule has 1 aliphatic rings. The maximum atomic E-state index is 13.1. The maximum absolute atomic E-state index is 13.1. The van der Waals surface area contributed by atoms with Crippen molar-refractivity contribution in [2.75, 3.05) is 26.3 Å². The summed E-state index contributed by atoms with van der Waals surface area (Å²) in [4.78, 5) is 12.4. The molecule has 2 aromatic rings. The van der Waals surface area contributed by atoms with E-state index in [9.17, 15) is 26.4 Å². The standard InChI is InChI=1S/C19H19F3N2O4S/c20-19(21,22)16-7-3-2-6-15(16)18(25)23-13-14-5-1-4-8-17(14)29(26,27)24-9-11-28-12-10-24/h1-8H,9-13H2,(H,23,25). The van der Waals surface area contributed by atoms with E-state index in [0.29, 0.717) is 0 Å². The smallest absolute Gasteiger partial charge is 0.379 e. The van der Waals surface area contributed by atoms with E-state index in [-0.39, 0.29) is 43.3 Å². The second kappa shape index (κ2) is 8.52. The van der Waals surface area contributed by atoms with Crippen LogP contribution in [0.1, 0.15) is 21.5 Å². The molecule has 6 nitrogen and oxygen atoms in total. The van der Waals surface area contributed by atoms with Gasteiger partial charge in [-0.1, -0.05) is 30.3 Å². The normalized spacial score (nSPS) is 15.8. The van der Waals surface area contributed by atoms with Crippen LogP contribution < -0.4 is 5.32 Å². The molecule has 1 heterocycles. The lowest BCUT2D eigenvalue weighted by atomic mass is 10.1. The van der Waals surface area contributed by atoms with E-state index in [1.54, 1.807) is 12.1 Å². The molecule has 1 fully saturated rings. The number of alkyl halides is 3. The van der Waals surface area contributed by atoms with E-state index < -0.39 is 33.2 Å². The number of sulfonamides is 1. The summed E-state index contributed by atoms with van der Waals surface area (Å²) in [5.74, 6) is -0.934. The van der Waals surface area contributed by atoms with E-state index >= 15 is 0 Å². The van der Waals surface area contributed by atoms with Crippen molar-refractivity contribution in [3.05, 3.63) is 65.2 Å². The molecule has 1 N–H and O–H groups in total. The van der Waals surface area contributed by atoms with Crippen LogP contribution in [0.25, 0.3) is 0 Å². The van der Waals surface area contributed by atoms with Gasteiger partial charge in [0.25, 0.3) is 5.91 Å². The summed E-state index contributed by atoms with van der Waals surface area (Å²) in [6.07, 6.45) is -4.68. The minimum Gasteiger partial charge on any atom is -0.379 e. The van der Waals surface area contributed by atoms with Gasteiger partial charge >= 0.3 is 6.18 Å². The SMILES string of the molecule is O=C(NCc1ccccc1S(=O)(=O)N1CCOCC1)c1ccccc1C(F)(F)F. The molecular weight excluding hydrogens is 409 g/mol. The number of hydrogen-bond donors (Lipinski definition) is 1. The molecule has 3 rings (SSSR count). The molecular formula is C19H19F3N2O4S. The van der Waals surface area contributed by atoms with E-state index in [2.05, 4.69) is 5.32 Å². The van der Waals surface area contributed by atoms with Crippen molar-refractivity contribution in [2.45, 2.75) is 17.6 Å². The second-order valence-corrected chi connectivity index (χ2v) is 8.26. The van der Waals surface area contributed by atoms with Gasteiger partial charge in [-0.05, 0) is 23.8 Å². The zero-order valence-corrected chi connectivity index (χ0v) is 16.1. The van der Waals surface area contributed by atoms with Crippen LogP contribution in [-0.2, 0) is 27.5 Å². The number of benzene rings is 2. The Hall–Kier alpha value is -2.43. The summed E-state index contributed by atoms with van der Waals surface area (Å²) >= 11 is 0. The van der Waals surface area contributed by atoms with Gasteiger partial charge in [-0.3, -0.25) is 4.79 Å².